The van der Waals surface area contributed by atoms with Gasteiger partial charge in [-0.3, -0.25) is 0 Å². The highest BCUT2D eigenvalue weighted by atomic mass is 31.1. The molecule has 1 aromatic carbocycles. The average molecular weight is 411 g/mol. The number of benzene rings is 1. The third kappa shape index (κ3) is 4.79. The minimum atomic E-state index is -0.184. The lowest BCUT2D eigenvalue weighted by Crippen LogP contribution is -2.38. The first kappa shape index (κ1) is 21.9. The Balaban J connectivity index is 1.57. The van der Waals surface area contributed by atoms with Crippen LogP contribution in [0.3, 0.4) is 0 Å². The Morgan fingerprint density at radius 3 is 1.90 bits per heavy atom. The second-order valence-electron chi connectivity index (χ2n) is 10.6. The second-order valence-corrected chi connectivity index (χ2v) is 13.8. The molecule has 0 aromatic heterocycles. The van der Waals surface area contributed by atoms with Crippen LogP contribution in [-0.2, 0) is 5.41 Å². The molecule has 4 rings (SSSR count). The highest BCUT2D eigenvalue weighted by molar-refractivity contribution is 7.59. The van der Waals surface area contributed by atoms with Crippen molar-refractivity contribution in [2.75, 3.05) is 0 Å². The molecule has 0 N–H and O–H groups in total. The van der Waals surface area contributed by atoms with Crippen LogP contribution in [0, 0.1) is 18.8 Å². The molecule has 1 heteroatoms. The quantitative estimate of drug-likeness (QED) is 0.412. The Bertz CT molecular complexity index is 590. The molecule has 0 spiro atoms. The van der Waals surface area contributed by atoms with E-state index in [1.54, 1.807) is 0 Å². The third-order valence-corrected chi connectivity index (χ3v) is 12.9. The molecule has 0 amide bonds. The molecule has 3 aliphatic rings. The molecule has 3 fully saturated rings. The summed E-state index contributed by atoms with van der Waals surface area (Å²) < 4.78 is 0. The number of hydrogen-bond acceptors (Lipinski definition) is 0. The van der Waals surface area contributed by atoms with E-state index in [1.165, 1.54) is 89.0 Å². The first-order chi connectivity index (χ1) is 14.1. The summed E-state index contributed by atoms with van der Waals surface area (Å²) in [5, 5.41) is 0. The van der Waals surface area contributed by atoms with Gasteiger partial charge < -0.3 is 0 Å². The smallest absolute Gasteiger partial charge is 0.000981 e. The maximum absolute atomic E-state index is 7.14. The number of hydrogen-bond donors (Lipinski definition) is 0. The second kappa shape index (κ2) is 9.85. The molecule has 0 saturated heterocycles. The number of rotatable bonds is 6. The molecule has 160 valence electrons. The molecule has 3 unspecified atom stereocenters. The van der Waals surface area contributed by atoms with Crippen LogP contribution in [0.1, 0.15) is 103 Å². The zero-order valence-electron chi connectivity index (χ0n) is 19.0. The zero-order valence-corrected chi connectivity index (χ0v) is 19.9. The van der Waals surface area contributed by atoms with Gasteiger partial charge in [-0.1, -0.05) is 97.0 Å². The van der Waals surface area contributed by atoms with Crippen LogP contribution in [-0.4, -0.2) is 17.0 Å². The molecule has 0 heterocycles. The average Bonchev–Trinajstić information content (AvgIpc) is 3.27. The Labute approximate surface area is 182 Å². The van der Waals surface area contributed by atoms with Gasteiger partial charge in [0.25, 0.3) is 0 Å². The predicted molar refractivity (Wildman–Crippen MR) is 129 cm³/mol. The fraction of sp³-hybridized carbons (Fsp3) is 0.750. The molecule has 3 aliphatic carbocycles. The molecule has 29 heavy (non-hydrogen) atoms. The predicted octanol–water partition coefficient (Wildman–Crippen LogP) is 8.61. The molecule has 0 aliphatic heterocycles. The van der Waals surface area contributed by atoms with Gasteiger partial charge in [-0.25, -0.2) is 0 Å². The van der Waals surface area contributed by atoms with Crippen LogP contribution in [0.15, 0.2) is 30.3 Å². The Morgan fingerprint density at radius 1 is 0.793 bits per heavy atom. The van der Waals surface area contributed by atoms with Crippen LogP contribution >= 0.6 is 7.92 Å². The molecule has 4 atom stereocenters. The Kier molecular flexibility index (Phi) is 7.43. The molecule has 3 saturated carbocycles. The Morgan fingerprint density at radius 2 is 1.34 bits per heavy atom. The van der Waals surface area contributed by atoms with Crippen molar-refractivity contribution in [2.45, 2.75) is 120 Å². The van der Waals surface area contributed by atoms with Gasteiger partial charge in [0.1, 0.15) is 0 Å². The van der Waals surface area contributed by atoms with E-state index < -0.39 is 0 Å². The summed E-state index contributed by atoms with van der Waals surface area (Å²) in [5.41, 5.74) is 4.17. The van der Waals surface area contributed by atoms with E-state index in [1.807, 2.05) is 0 Å². The van der Waals surface area contributed by atoms with Crippen molar-refractivity contribution in [3.8, 4) is 0 Å². The fourth-order valence-electron chi connectivity index (χ4n) is 7.26. The summed E-state index contributed by atoms with van der Waals surface area (Å²) in [6.45, 7) is 12.2. The largest absolute Gasteiger partial charge is 0.0971 e. The summed E-state index contributed by atoms with van der Waals surface area (Å²) in [4.78, 5) is 0. The summed E-state index contributed by atoms with van der Waals surface area (Å²) >= 11 is 0. The van der Waals surface area contributed by atoms with Gasteiger partial charge in [0.2, 0.25) is 0 Å². The maximum atomic E-state index is 7.14. The summed E-state index contributed by atoms with van der Waals surface area (Å²) in [7, 11) is 0.133. The van der Waals surface area contributed by atoms with Crippen molar-refractivity contribution in [3.63, 3.8) is 0 Å². The van der Waals surface area contributed by atoms with E-state index in [9.17, 15) is 0 Å². The fourth-order valence-corrected chi connectivity index (χ4v) is 11.9. The lowest BCUT2D eigenvalue weighted by atomic mass is 9.68. The minimum Gasteiger partial charge on any atom is -0.0971 e. The normalized spacial score (nSPS) is 28.7. The van der Waals surface area contributed by atoms with Gasteiger partial charge >= 0.3 is 0 Å². The zero-order chi connectivity index (χ0) is 20.3. The van der Waals surface area contributed by atoms with Gasteiger partial charge in [-0.2, -0.15) is 0 Å². The lowest BCUT2D eigenvalue weighted by molar-refractivity contribution is 0.268. The SMILES string of the molecule is [CH]C(C)(c1ccccc1)C1CCCC1[C@@H](C)P(C1CCCCC1)C1CCCCC1. The highest BCUT2D eigenvalue weighted by Crippen LogP contribution is 2.63. The maximum Gasteiger partial charge on any atom is -0.000981 e. The molecule has 0 nitrogen and oxygen atoms in total. The summed E-state index contributed by atoms with van der Waals surface area (Å²) in [5.74, 6) is 1.48. The van der Waals surface area contributed by atoms with Crippen LogP contribution in [0.4, 0.5) is 0 Å². The van der Waals surface area contributed by atoms with Crippen molar-refractivity contribution >= 4 is 7.92 Å². The minimum absolute atomic E-state index is 0.133. The Hall–Kier alpha value is -0.350. The molecule has 2 radical (unpaired) electrons. The summed E-state index contributed by atoms with van der Waals surface area (Å²) in [6.07, 6.45) is 19.2. The third-order valence-electron chi connectivity index (χ3n) is 8.82. The van der Waals surface area contributed by atoms with Crippen molar-refractivity contribution in [2.24, 2.45) is 11.8 Å². The van der Waals surface area contributed by atoms with E-state index in [2.05, 4.69) is 44.2 Å². The van der Waals surface area contributed by atoms with Gasteiger partial charge in [0.05, 0.1) is 0 Å². The van der Waals surface area contributed by atoms with Gasteiger partial charge in [-0.15, -0.1) is 0 Å². The molecular formula is C28H43P. The first-order valence-corrected chi connectivity index (χ1v) is 14.3. The standard InChI is InChI=1S/C28H43P/c1-22(29(24-16-9-5-10-17-24)25-18-11-6-12-19-25)26-20-13-21-27(26)28(2,3)23-14-7-4-8-15-23/h2,4,7-8,14-15,22,24-27H,5-6,9-13,16-21H2,1,3H3/t22-,26?,27?,28?/m1/s1. The van der Waals surface area contributed by atoms with Crippen molar-refractivity contribution in [1.82, 2.24) is 0 Å². The first-order valence-electron chi connectivity index (χ1n) is 12.7. The molecule has 0 bridgehead atoms. The van der Waals surface area contributed by atoms with Crippen molar-refractivity contribution < 1.29 is 0 Å². The van der Waals surface area contributed by atoms with E-state index >= 15 is 0 Å². The van der Waals surface area contributed by atoms with E-state index in [-0.39, 0.29) is 13.3 Å². The topological polar surface area (TPSA) is 0 Å². The lowest BCUT2D eigenvalue weighted by Gasteiger charge is -2.47. The molecule has 1 aromatic rings. The van der Waals surface area contributed by atoms with Crippen molar-refractivity contribution in [1.29, 1.82) is 0 Å². The van der Waals surface area contributed by atoms with E-state index in [4.69, 9.17) is 6.92 Å². The van der Waals surface area contributed by atoms with Crippen LogP contribution in [0.5, 0.6) is 0 Å². The highest BCUT2D eigenvalue weighted by Gasteiger charge is 2.46. The summed E-state index contributed by atoms with van der Waals surface area (Å²) in [6, 6.07) is 11.0. The van der Waals surface area contributed by atoms with Crippen molar-refractivity contribution in [3.05, 3.63) is 42.8 Å². The van der Waals surface area contributed by atoms with Gasteiger partial charge in [-0.05, 0) is 85.2 Å². The van der Waals surface area contributed by atoms with Gasteiger partial charge in [0.15, 0.2) is 0 Å². The monoisotopic (exact) mass is 410 g/mol. The van der Waals surface area contributed by atoms with E-state index in [0.717, 1.165) is 22.9 Å². The molecular weight excluding hydrogens is 367 g/mol. The van der Waals surface area contributed by atoms with Crippen LogP contribution in [0.2, 0.25) is 0 Å². The van der Waals surface area contributed by atoms with Gasteiger partial charge in [0, 0.05) is 0 Å². The van der Waals surface area contributed by atoms with E-state index in [0.29, 0.717) is 5.92 Å². The van der Waals surface area contributed by atoms with Crippen LogP contribution < -0.4 is 0 Å². The van der Waals surface area contributed by atoms with Crippen LogP contribution in [0.25, 0.3) is 0 Å².